The first-order chi connectivity index (χ1) is 12.5. The molecule has 26 heavy (non-hydrogen) atoms. The Labute approximate surface area is 151 Å². The van der Waals surface area contributed by atoms with E-state index in [1.807, 2.05) is 18.2 Å². The van der Waals surface area contributed by atoms with Gasteiger partial charge in [-0.1, -0.05) is 6.07 Å². The minimum atomic E-state index is -0.418. The summed E-state index contributed by atoms with van der Waals surface area (Å²) in [6.45, 7) is 1.48. The van der Waals surface area contributed by atoms with Gasteiger partial charge in [0.2, 0.25) is 5.91 Å². The molecule has 0 bridgehead atoms. The van der Waals surface area contributed by atoms with Crippen LogP contribution in [0.1, 0.15) is 24.4 Å². The minimum Gasteiger partial charge on any atom is -0.486 e. The van der Waals surface area contributed by atoms with E-state index >= 15 is 0 Å². The van der Waals surface area contributed by atoms with Gasteiger partial charge in [0.05, 0.1) is 6.04 Å². The van der Waals surface area contributed by atoms with Crippen molar-refractivity contribution in [1.29, 1.82) is 0 Å². The lowest BCUT2D eigenvalue weighted by Gasteiger charge is -2.28. The zero-order valence-electron chi connectivity index (χ0n) is 14.6. The van der Waals surface area contributed by atoms with Crippen LogP contribution < -0.4 is 9.47 Å². The predicted molar refractivity (Wildman–Crippen MR) is 90.9 cm³/mol. The molecule has 4 rings (SSSR count). The molecular formula is C18H21N3O5. The number of imide groups is 1. The highest BCUT2D eigenvalue weighted by atomic mass is 16.6. The molecule has 0 N–H and O–H groups in total. The molecule has 8 heteroatoms. The normalized spacial score (nSPS) is 22.3. The fourth-order valence-electron chi connectivity index (χ4n) is 3.73. The van der Waals surface area contributed by atoms with Crippen LogP contribution in [0.15, 0.2) is 18.2 Å². The van der Waals surface area contributed by atoms with Gasteiger partial charge in [-0.2, -0.15) is 0 Å². The van der Waals surface area contributed by atoms with Gasteiger partial charge in [-0.05, 0) is 30.5 Å². The second-order valence-electron chi connectivity index (χ2n) is 6.77. The first-order valence-electron chi connectivity index (χ1n) is 8.79. The summed E-state index contributed by atoms with van der Waals surface area (Å²) < 4.78 is 11.2. The van der Waals surface area contributed by atoms with Crippen molar-refractivity contribution in [3.63, 3.8) is 0 Å². The van der Waals surface area contributed by atoms with Gasteiger partial charge in [-0.15, -0.1) is 0 Å². The molecule has 3 heterocycles. The van der Waals surface area contributed by atoms with E-state index in [0.29, 0.717) is 31.3 Å². The number of urea groups is 1. The van der Waals surface area contributed by atoms with Gasteiger partial charge in [0.15, 0.2) is 11.5 Å². The molecule has 8 nitrogen and oxygen atoms in total. The fraction of sp³-hybridized carbons (Fsp3) is 0.500. The van der Waals surface area contributed by atoms with Gasteiger partial charge < -0.3 is 19.3 Å². The average Bonchev–Trinajstić information content (AvgIpc) is 3.22. The number of rotatable bonds is 3. The van der Waals surface area contributed by atoms with Crippen LogP contribution >= 0.6 is 0 Å². The Hall–Kier alpha value is -2.77. The third-order valence-corrected chi connectivity index (χ3v) is 5.05. The van der Waals surface area contributed by atoms with E-state index in [4.69, 9.17) is 9.47 Å². The largest absolute Gasteiger partial charge is 0.486 e. The maximum absolute atomic E-state index is 12.8. The summed E-state index contributed by atoms with van der Waals surface area (Å²) in [5.41, 5.74) is 0.983. The third kappa shape index (κ3) is 2.85. The average molecular weight is 359 g/mol. The second-order valence-corrected chi connectivity index (χ2v) is 6.77. The van der Waals surface area contributed by atoms with Gasteiger partial charge in [-0.3, -0.25) is 14.5 Å². The number of carbonyl (C=O) groups is 3. The van der Waals surface area contributed by atoms with Crippen molar-refractivity contribution < 1.29 is 23.9 Å². The Morgan fingerprint density at radius 3 is 2.69 bits per heavy atom. The van der Waals surface area contributed by atoms with E-state index in [9.17, 15) is 14.4 Å². The van der Waals surface area contributed by atoms with Crippen LogP contribution in [0.4, 0.5) is 4.79 Å². The summed E-state index contributed by atoms with van der Waals surface area (Å²) in [6.07, 6.45) is 1.72. The number of amides is 4. The lowest BCUT2D eigenvalue weighted by Crippen LogP contribution is -2.43. The Morgan fingerprint density at radius 2 is 1.96 bits per heavy atom. The summed E-state index contributed by atoms with van der Waals surface area (Å²) in [4.78, 5) is 40.8. The van der Waals surface area contributed by atoms with E-state index in [-0.39, 0.29) is 30.9 Å². The van der Waals surface area contributed by atoms with Crippen molar-refractivity contribution >= 4 is 17.8 Å². The lowest BCUT2D eigenvalue weighted by molar-refractivity contribution is -0.137. The molecule has 0 saturated carbocycles. The monoisotopic (exact) mass is 359 g/mol. The maximum Gasteiger partial charge on any atom is 0.327 e. The molecule has 0 radical (unpaired) electrons. The quantitative estimate of drug-likeness (QED) is 0.753. The number of hydrogen-bond donors (Lipinski definition) is 0. The first kappa shape index (κ1) is 16.7. The van der Waals surface area contributed by atoms with Crippen LogP contribution in [0.2, 0.25) is 0 Å². The Bertz CT molecular complexity index is 765. The predicted octanol–water partition coefficient (Wildman–Crippen LogP) is 1.02. The maximum atomic E-state index is 12.8. The Kier molecular flexibility index (Phi) is 4.18. The number of nitrogens with zero attached hydrogens (tertiary/aromatic N) is 3. The SMILES string of the molecule is CN1CC(=O)N(CC(=O)N2CCCC2c2ccc3c(c2)OCCO3)C1=O. The number of likely N-dealkylation sites (N-methyl/N-ethyl adjacent to an activating group) is 1. The van der Waals surface area contributed by atoms with Gasteiger partial charge in [0.1, 0.15) is 26.3 Å². The lowest BCUT2D eigenvalue weighted by atomic mass is 10.0. The molecule has 0 aliphatic carbocycles. The van der Waals surface area contributed by atoms with Crippen molar-refractivity contribution in [1.82, 2.24) is 14.7 Å². The van der Waals surface area contributed by atoms with Crippen molar-refractivity contribution in [3.8, 4) is 11.5 Å². The molecule has 1 atom stereocenters. The summed E-state index contributed by atoms with van der Waals surface area (Å²) in [5.74, 6) is 0.868. The van der Waals surface area contributed by atoms with Crippen LogP contribution in [0, 0.1) is 0 Å². The third-order valence-electron chi connectivity index (χ3n) is 5.05. The number of benzene rings is 1. The molecule has 2 fully saturated rings. The molecule has 3 aliphatic heterocycles. The second kappa shape index (κ2) is 6.51. The zero-order valence-corrected chi connectivity index (χ0v) is 14.6. The molecule has 4 amide bonds. The van der Waals surface area contributed by atoms with E-state index in [2.05, 4.69) is 0 Å². The van der Waals surface area contributed by atoms with Crippen molar-refractivity contribution in [2.24, 2.45) is 0 Å². The van der Waals surface area contributed by atoms with Crippen LogP contribution in [0.3, 0.4) is 0 Å². The molecule has 1 unspecified atom stereocenters. The van der Waals surface area contributed by atoms with Gasteiger partial charge in [0.25, 0.3) is 5.91 Å². The summed E-state index contributed by atoms with van der Waals surface area (Å²) in [7, 11) is 1.55. The summed E-state index contributed by atoms with van der Waals surface area (Å²) in [5, 5.41) is 0. The van der Waals surface area contributed by atoms with Crippen molar-refractivity contribution in [2.45, 2.75) is 18.9 Å². The molecule has 0 aromatic heterocycles. The van der Waals surface area contributed by atoms with Crippen molar-refractivity contribution in [2.75, 3.05) is 39.9 Å². The number of carbonyl (C=O) groups excluding carboxylic acids is 3. The highest BCUT2D eigenvalue weighted by Crippen LogP contribution is 2.38. The summed E-state index contributed by atoms with van der Waals surface area (Å²) in [6, 6.07) is 5.24. The van der Waals surface area contributed by atoms with E-state index in [0.717, 1.165) is 23.3 Å². The summed E-state index contributed by atoms with van der Waals surface area (Å²) >= 11 is 0. The number of ether oxygens (including phenoxy) is 2. The molecule has 3 aliphatic rings. The number of fused-ring (bicyclic) bond motifs is 1. The number of hydrogen-bond acceptors (Lipinski definition) is 5. The van der Waals surface area contributed by atoms with Crippen molar-refractivity contribution in [3.05, 3.63) is 23.8 Å². The van der Waals surface area contributed by atoms with Gasteiger partial charge in [0, 0.05) is 13.6 Å². The highest BCUT2D eigenvalue weighted by molar-refractivity contribution is 6.04. The molecule has 0 spiro atoms. The van der Waals surface area contributed by atoms with E-state index < -0.39 is 6.03 Å². The van der Waals surface area contributed by atoms with E-state index in [1.165, 1.54) is 4.90 Å². The number of likely N-dealkylation sites (tertiary alicyclic amines) is 1. The molecular weight excluding hydrogens is 338 g/mol. The Balaban J connectivity index is 1.50. The van der Waals surface area contributed by atoms with Gasteiger partial charge >= 0.3 is 6.03 Å². The molecule has 1 aromatic rings. The minimum absolute atomic E-state index is 0.0255. The standard InChI is InChI=1S/C18H21N3O5/c1-19-10-16(22)21(18(19)24)11-17(23)20-6-2-3-13(20)12-4-5-14-15(9-12)26-8-7-25-14/h4-5,9,13H,2-3,6-8,10-11H2,1H3. The first-order valence-corrected chi connectivity index (χ1v) is 8.79. The van der Waals surface area contributed by atoms with Crippen LogP contribution in [-0.2, 0) is 9.59 Å². The smallest absolute Gasteiger partial charge is 0.327 e. The Morgan fingerprint density at radius 1 is 1.19 bits per heavy atom. The fourth-order valence-corrected chi connectivity index (χ4v) is 3.73. The van der Waals surface area contributed by atoms with Crippen LogP contribution in [-0.4, -0.2) is 72.4 Å². The highest BCUT2D eigenvalue weighted by Gasteiger charge is 2.38. The van der Waals surface area contributed by atoms with E-state index in [1.54, 1.807) is 11.9 Å². The topological polar surface area (TPSA) is 79.4 Å². The molecule has 1 aromatic carbocycles. The zero-order chi connectivity index (χ0) is 18.3. The van der Waals surface area contributed by atoms with Gasteiger partial charge in [-0.25, -0.2) is 4.79 Å². The molecule has 2 saturated heterocycles. The van der Waals surface area contributed by atoms with Crippen LogP contribution in [0.25, 0.3) is 0 Å². The molecule has 138 valence electrons. The van der Waals surface area contributed by atoms with Crippen LogP contribution in [0.5, 0.6) is 11.5 Å².